The van der Waals surface area contributed by atoms with Crippen LogP contribution >= 0.6 is 0 Å². The zero-order valence-corrected chi connectivity index (χ0v) is 9.73. The molecule has 0 saturated carbocycles. The largest absolute Gasteiger partial charge is 0.369 e. The Balaban J connectivity index is 1.82. The van der Waals surface area contributed by atoms with Gasteiger partial charge in [0.05, 0.1) is 12.6 Å². The number of likely N-dealkylation sites (tertiary alicyclic amines) is 1. The minimum absolute atomic E-state index is 0.0730. The molecule has 0 aromatic heterocycles. The van der Waals surface area contributed by atoms with Gasteiger partial charge >= 0.3 is 0 Å². The molecule has 0 aromatic rings. The molecule has 2 heterocycles. The molecule has 0 radical (unpaired) electrons. The molecule has 2 rings (SSSR count). The van der Waals surface area contributed by atoms with Crippen LogP contribution in [0.3, 0.4) is 0 Å². The summed E-state index contributed by atoms with van der Waals surface area (Å²) in [5.41, 5.74) is 5.65. The number of carbonyl (C=O) groups is 1. The van der Waals surface area contributed by atoms with Crippen LogP contribution in [0.5, 0.6) is 0 Å². The highest BCUT2D eigenvalue weighted by Gasteiger charge is 2.27. The van der Waals surface area contributed by atoms with E-state index in [1.54, 1.807) is 0 Å². The van der Waals surface area contributed by atoms with Gasteiger partial charge in [-0.1, -0.05) is 0 Å². The first-order chi connectivity index (χ1) is 7.81. The molecule has 2 aliphatic heterocycles. The highest BCUT2D eigenvalue weighted by Crippen LogP contribution is 2.10. The van der Waals surface area contributed by atoms with Crippen LogP contribution in [0.15, 0.2) is 0 Å². The van der Waals surface area contributed by atoms with Crippen LogP contribution in [0.2, 0.25) is 0 Å². The van der Waals surface area contributed by atoms with E-state index in [1.807, 2.05) is 4.90 Å². The molecule has 16 heavy (non-hydrogen) atoms. The molecule has 5 nitrogen and oxygen atoms in total. The van der Waals surface area contributed by atoms with Crippen molar-refractivity contribution in [1.29, 1.82) is 0 Å². The van der Waals surface area contributed by atoms with Crippen molar-refractivity contribution in [1.82, 2.24) is 9.80 Å². The number of morpholine rings is 1. The van der Waals surface area contributed by atoms with E-state index in [4.69, 9.17) is 10.5 Å². The minimum Gasteiger partial charge on any atom is -0.369 e. The molecule has 2 fully saturated rings. The number of nitrogens with zero attached hydrogens (tertiary/aromatic N) is 2. The van der Waals surface area contributed by atoms with Crippen molar-refractivity contribution in [3.63, 3.8) is 0 Å². The molecule has 0 aromatic carbocycles. The number of nitrogens with two attached hydrogens (primary N) is 1. The van der Waals surface area contributed by atoms with Crippen molar-refractivity contribution in [3.8, 4) is 0 Å². The van der Waals surface area contributed by atoms with Gasteiger partial charge < -0.3 is 20.3 Å². The predicted molar refractivity (Wildman–Crippen MR) is 61.0 cm³/mol. The maximum Gasteiger partial charge on any atom is 0.248 e. The fourth-order valence-corrected chi connectivity index (χ4v) is 2.42. The van der Waals surface area contributed by atoms with Crippen molar-refractivity contribution >= 4 is 5.91 Å². The summed E-state index contributed by atoms with van der Waals surface area (Å²) in [4.78, 5) is 16.0. The number of rotatable bonds is 4. The van der Waals surface area contributed by atoms with Crippen LogP contribution < -0.4 is 5.73 Å². The average molecular weight is 227 g/mol. The van der Waals surface area contributed by atoms with E-state index < -0.39 is 0 Å². The van der Waals surface area contributed by atoms with Crippen molar-refractivity contribution in [2.75, 3.05) is 45.9 Å². The Morgan fingerprint density at radius 3 is 2.75 bits per heavy atom. The molecule has 0 aliphatic carbocycles. The summed E-state index contributed by atoms with van der Waals surface area (Å²) in [6.45, 7) is 5.41. The van der Waals surface area contributed by atoms with Gasteiger partial charge in [0.25, 0.3) is 0 Å². The molecule has 1 amide bonds. The third-order valence-corrected chi connectivity index (χ3v) is 3.42. The number of hydrogen-bond acceptors (Lipinski definition) is 4. The van der Waals surface area contributed by atoms with Gasteiger partial charge in [-0.05, 0) is 25.9 Å². The summed E-state index contributed by atoms with van der Waals surface area (Å²) in [6, 6.07) is 0.0730. The molecule has 92 valence electrons. The Morgan fingerprint density at radius 1 is 1.31 bits per heavy atom. The molecule has 5 heteroatoms. The summed E-state index contributed by atoms with van der Waals surface area (Å²) in [5, 5.41) is 0. The predicted octanol–water partition coefficient (Wildman–Crippen LogP) is -0.732. The minimum atomic E-state index is 0.0730. The lowest BCUT2D eigenvalue weighted by Crippen LogP contribution is -2.54. The van der Waals surface area contributed by atoms with Crippen LogP contribution in [-0.2, 0) is 9.53 Å². The van der Waals surface area contributed by atoms with Crippen LogP contribution in [-0.4, -0.2) is 67.7 Å². The Morgan fingerprint density at radius 2 is 2.06 bits per heavy atom. The number of hydrogen-bond donors (Lipinski definition) is 1. The maximum atomic E-state index is 11.7. The summed E-state index contributed by atoms with van der Waals surface area (Å²) < 4.78 is 5.20. The van der Waals surface area contributed by atoms with Crippen molar-refractivity contribution in [3.05, 3.63) is 0 Å². The Hall–Kier alpha value is -0.650. The van der Waals surface area contributed by atoms with Crippen LogP contribution in [0.1, 0.15) is 12.8 Å². The van der Waals surface area contributed by atoms with Gasteiger partial charge in [0.15, 0.2) is 0 Å². The number of amides is 1. The van der Waals surface area contributed by atoms with E-state index in [2.05, 4.69) is 4.90 Å². The quantitative estimate of drug-likeness (QED) is 0.688. The number of carbonyl (C=O) groups excluding carboxylic acids is 1. The van der Waals surface area contributed by atoms with Crippen LogP contribution in [0.4, 0.5) is 0 Å². The molecular weight excluding hydrogens is 206 g/mol. The summed E-state index contributed by atoms with van der Waals surface area (Å²) in [7, 11) is 0. The maximum absolute atomic E-state index is 11.7. The van der Waals surface area contributed by atoms with E-state index in [-0.39, 0.29) is 18.6 Å². The monoisotopic (exact) mass is 227 g/mol. The zero-order valence-electron chi connectivity index (χ0n) is 9.73. The van der Waals surface area contributed by atoms with Crippen molar-refractivity contribution in [2.45, 2.75) is 18.9 Å². The van der Waals surface area contributed by atoms with Gasteiger partial charge in [0.1, 0.15) is 6.61 Å². The van der Waals surface area contributed by atoms with E-state index in [0.29, 0.717) is 13.2 Å². The van der Waals surface area contributed by atoms with Gasteiger partial charge in [0.2, 0.25) is 5.91 Å². The third-order valence-electron chi connectivity index (χ3n) is 3.42. The Bertz CT molecular complexity index is 241. The molecule has 1 unspecified atom stereocenters. The van der Waals surface area contributed by atoms with Crippen molar-refractivity contribution < 1.29 is 9.53 Å². The van der Waals surface area contributed by atoms with E-state index in [1.165, 1.54) is 25.9 Å². The van der Waals surface area contributed by atoms with E-state index >= 15 is 0 Å². The molecule has 1 atom stereocenters. The normalized spacial score (nSPS) is 27.7. The Kier molecular flexibility index (Phi) is 4.15. The van der Waals surface area contributed by atoms with E-state index in [0.717, 1.165) is 13.1 Å². The lowest BCUT2D eigenvalue weighted by atomic mass is 10.2. The SMILES string of the molecule is NCC1COCC(=O)N1CCN1CCCC1. The molecule has 0 spiro atoms. The lowest BCUT2D eigenvalue weighted by molar-refractivity contribution is -0.147. The second-order valence-electron chi connectivity index (χ2n) is 4.54. The Labute approximate surface area is 96.5 Å². The first-order valence-corrected chi connectivity index (χ1v) is 6.11. The first kappa shape index (κ1) is 11.8. The molecule has 2 saturated heterocycles. The highest BCUT2D eigenvalue weighted by atomic mass is 16.5. The molecule has 2 N–H and O–H groups in total. The van der Waals surface area contributed by atoms with Crippen LogP contribution in [0.25, 0.3) is 0 Å². The third kappa shape index (κ3) is 2.72. The fraction of sp³-hybridized carbons (Fsp3) is 0.909. The second-order valence-corrected chi connectivity index (χ2v) is 4.54. The fourth-order valence-electron chi connectivity index (χ4n) is 2.42. The van der Waals surface area contributed by atoms with Gasteiger partial charge in [-0.2, -0.15) is 0 Å². The van der Waals surface area contributed by atoms with Crippen LogP contribution in [0, 0.1) is 0 Å². The zero-order chi connectivity index (χ0) is 11.4. The smallest absolute Gasteiger partial charge is 0.248 e. The molecule has 2 aliphatic rings. The van der Waals surface area contributed by atoms with Gasteiger partial charge in [-0.25, -0.2) is 0 Å². The van der Waals surface area contributed by atoms with E-state index in [9.17, 15) is 4.79 Å². The lowest BCUT2D eigenvalue weighted by Gasteiger charge is -2.35. The first-order valence-electron chi connectivity index (χ1n) is 6.11. The van der Waals surface area contributed by atoms with Gasteiger partial charge in [-0.15, -0.1) is 0 Å². The summed E-state index contributed by atoms with van der Waals surface area (Å²) in [5.74, 6) is 0.0842. The summed E-state index contributed by atoms with van der Waals surface area (Å²) in [6.07, 6.45) is 2.58. The van der Waals surface area contributed by atoms with Gasteiger partial charge in [-0.3, -0.25) is 4.79 Å². The number of ether oxygens (including phenoxy) is 1. The standard InChI is InChI=1S/C11H21N3O2/c12-7-10-8-16-9-11(15)14(10)6-5-13-3-1-2-4-13/h10H,1-9,12H2. The highest BCUT2D eigenvalue weighted by molar-refractivity contribution is 5.78. The topological polar surface area (TPSA) is 58.8 Å². The van der Waals surface area contributed by atoms with Gasteiger partial charge in [0, 0.05) is 19.6 Å². The molecule has 0 bridgehead atoms. The summed E-state index contributed by atoms with van der Waals surface area (Å²) >= 11 is 0. The molecular formula is C11H21N3O2. The average Bonchev–Trinajstić information content (AvgIpc) is 2.80. The second kappa shape index (κ2) is 5.61. The van der Waals surface area contributed by atoms with Crippen molar-refractivity contribution in [2.24, 2.45) is 5.73 Å².